The van der Waals surface area contributed by atoms with Crippen LogP contribution in [0.3, 0.4) is 0 Å². The first-order chi connectivity index (χ1) is 12.3. The van der Waals surface area contributed by atoms with Crippen molar-refractivity contribution in [3.8, 4) is 0 Å². The maximum Gasteiger partial charge on any atom is 0.271 e. The summed E-state index contributed by atoms with van der Waals surface area (Å²) in [6.45, 7) is 4.00. The van der Waals surface area contributed by atoms with Gasteiger partial charge in [-0.15, -0.1) is 11.3 Å². The molecule has 8 heteroatoms. The Bertz CT molecular complexity index is 872. The minimum Gasteiger partial charge on any atom is -0.370 e. The molecular weight excluding hydrogens is 390 g/mol. The minimum atomic E-state index is -3.66. The molecule has 0 unspecified atom stereocenters. The molecule has 3 rings (SSSR count). The van der Waals surface area contributed by atoms with Crippen molar-refractivity contribution in [3.05, 3.63) is 35.4 Å². The summed E-state index contributed by atoms with van der Waals surface area (Å²) < 4.78 is 28.7. The Hall–Kier alpha value is -1.44. The van der Waals surface area contributed by atoms with Gasteiger partial charge in [0, 0.05) is 27.2 Å². The molecule has 1 fully saturated rings. The lowest BCUT2D eigenvalue weighted by Gasteiger charge is -2.34. The molecule has 0 bridgehead atoms. The molecule has 1 aromatic carbocycles. The third kappa shape index (κ3) is 4.10. The van der Waals surface area contributed by atoms with E-state index in [1.165, 1.54) is 11.3 Å². The summed E-state index contributed by atoms with van der Waals surface area (Å²) >= 11 is 7.68. The van der Waals surface area contributed by atoms with E-state index in [2.05, 4.69) is 16.5 Å². The van der Waals surface area contributed by atoms with Crippen LogP contribution in [0.4, 0.5) is 16.4 Å². The van der Waals surface area contributed by atoms with Crippen molar-refractivity contribution in [2.75, 3.05) is 41.7 Å². The smallest absolute Gasteiger partial charge is 0.271 e. The molecule has 0 aliphatic carbocycles. The predicted molar refractivity (Wildman–Crippen MR) is 112 cm³/mol. The number of sulfonamides is 1. The number of para-hydroxylation sites is 1. The highest BCUT2D eigenvalue weighted by atomic mass is 35.5. The molecule has 0 saturated carbocycles. The molecule has 0 radical (unpaired) electrons. The predicted octanol–water partition coefficient (Wildman–Crippen LogP) is 4.50. The second kappa shape index (κ2) is 7.66. The van der Waals surface area contributed by atoms with Crippen LogP contribution >= 0.6 is 22.9 Å². The molecule has 0 amide bonds. The third-order valence-electron chi connectivity index (χ3n) is 4.60. The van der Waals surface area contributed by atoms with E-state index in [0.717, 1.165) is 36.6 Å². The lowest BCUT2D eigenvalue weighted by molar-refractivity contribution is 0.439. The fourth-order valence-corrected chi connectivity index (χ4v) is 5.62. The Labute approximate surface area is 164 Å². The lowest BCUT2D eigenvalue weighted by atomic mass is 9.98. The summed E-state index contributed by atoms with van der Waals surface area (Å²) in [6.07, 6.45) is 2.16. The fourth-order valence-electron chi connectivity index (χ4n) is 3.04. The molecular formula is C18H24ClN3O2S2. The molecule has 0 atom stereocenters. The SMILES string of the molecule is CC1CCN(c2c(Cl)cccc2NS(=O)(=O)c2ccc(N(C)C)s2)CC1. The summed E-state index contributed by atoms with van der Waals surface area (Å²) in [5, 5.41) is 1.46. The van der Waals surface area contributed by atoms with E-state index in [1.807, 2.05) is 31.1 Å². The van der Waals surface area contributed by atoms with E-state index in [-0.39, 0.29) is 0 Å². The van der Waals surface area contributed by atoms with Crippen molar-refractivity contribution in [1.82, 2.24) is 0 Å². The van der Waals surface area contributed by atoms with Gasteiger partial charge in [-0.25, -0.2) is 8.42 Å². The van der Waals surface area contributed by atoms with Crippen molar-refractivity contribution in [1.29, 1.82) is 0 Å². The van der Waals surface area contributed by atoms with Gasteiger partial charge in [0.2, 0.25) is 0 Å². The molecule has 1 N–H and O–H groups in total. The van der Waals surface area contributed by atoms with Crippen molar-refractivity contribution in [3.63, 3.8) is 0 Å². The quantitative estimate of drug-likeness (QED) is 0.783. The highest BCUT2D eigenvalue weighted by molar-refractivity contribution is 7.94. The molecule has 0 spiro atoms. The number of nitrogens with one attached hydrogen (secondary N) is 1. The molecule has 1 aromatic heterocycles. The summed E-state index contributed by atoms with van der Waals surface area (Å²) in [5.41, 5.74) is 1.31. The number of thiophene rings is 1. The topological polar surface area (TPSA) is 52.7 Å². The van der Waals surface area contributed by atoms with Gasteiger partial charge in [-0.05, 0) is 43.0 Å². The molecule has 2 heterocycles. The first kappa shape index (κ1) is 19.3. The molecule has 1 aliphatic heterocycles. The van der Waals surface area contributed by atoms with E-state index in [9.17, 15) is 8.42 Å². The molecule has 1 aliphatic rings. The normalized spacial score (nSPS) is 15.9. The van der Waals surface area contributed by atoms with Crippen LogP contribution in [0.25, 0.3) is 0 Å². The summed E-state index contributed by atoms with van der Waals surface area (Å²) in [6, 6.07) is 8.80. The molecule has 1 saturated heterocycles. The second-order valence-corrected chi connectivity index (χ2v) is 10.3. The van der Waals surface area contributed by atoms with Crippen molar-refractivity contribution in [2.24, 2.45) is 5.92 Å². The Morgan fingerprint density at radius 1 is 1.19 bits per heavy atom. The van der Waals surface area contributed by atoms with E-state index in [1.54, 1.807) is 18.2 Å². The largest absolute Gasteiger partial charge is 0.370 e. The van der Waals surface area contributed by atoms with Gasteiger partial charge in [-0.2, -0.15) is 0 Å². The average molecular weight is 414 g/mol. The van der Waals surface area contributed by atoms with Crippen LogP contribution in [0, 0.1) is 5.92 Å². The van der Waals surface area contributed by atoms with Gasteiger partial charge in [0.1, 0.15) is 4.21 Å². The van der Waals surface area contributed by atoms with Gasteiger partial charge in [0.15, 0.2) is 0 Å². The van der Waals surface area contributed by atoms with Crippen LogP contribution < -0.4 is 14.5 Å². The fraction of sp³-hybridized carbons (Fsp3) is 0.444. The van der Waals surface area contributed by atoms with Gasteiger partial charge in [-0.1, -0.05) is 24.6 Å². The number of nitrogens with zero attached hydrogens (tertiary/aromatic N) is 2. The molecule has 5 nitrogen and oxygen atoms in total. The number of hydrogen-bond acceptors (Lipinski definition) is 5. The standard InChI is InChI=1S/C18H24ClN3O2S2/c1-13-9-11-22(12-10-13)18-14(19)5-4-6-15(18)20-26(23,24)17-8-7-16(25-17)21(2)3/h4-8,13,20H,9-12H2,1-3H3. The first-order valence-corrected chi connectivity index (χ1v) is 11.3. The van der Waals surface area contributed by atoms with Crippen LogP contribution in [-0.2, 0) is 10.0 Å². The zero-order valence-electron chi connectivity index (χ0n) is 15.2. The molecule has 142 valence electrons. The first-order valence-electron chi connectivity index (χ1n) is 8.61. The van der Waals surface area contributed by atoms with Gasteiger partial charge in [0.25, 0.3) is 10.0 Å². The summed E-state index contributed by atoms with van der Waals surface area (Å²) in [4.78, 5) is 4.07. The van der Waals surface area contributed by atoms with Gasteiger partial charge in [0.05, 0.1) is 21.4 Å². The van der Waals surface area contributed by atoms with Crippen LogP contribution in [0.1, 0.15) is 19.8 Å². The zero-order chi connectivity index (χ0) is 18.9. The second-order valence-electron chi connectivity index (χ2n) is 6.90. The summed E-state index contributed by atoms with van der Waals surface area (Å²) in [7, 11) is 0.124. The number of anilines is 3. The highest BCUT2D eigenvalue weighted by Gasteiger charge is 2.24. The Morgan fingerprint density at radius 2 is 1.88 bits per heavy atom. The van der Waals surface area contributed by atoms with Crippen LogP contribution in [-0.4, -0.2) is 35.6 Å². The number of benzene rings is 1. The van der Waals surface area contributed by atoms with Crippen LogP contribution in [0.15, 0.2) is 34.5 Å². The van der Waals surface area contributed by atoms with E-state index < -0.39 is 10.0 Å². The number of halogens is 1. The van der Waals surface area contributed by atoms with E-state index in [0.29, 0.717) is 20.8 Å². The van der Waals surface area contributed by atoms with Gasteiger partial charge in [-0.3, -0.25) is 4.72 Å². The molecule has 2 aromatic rings. The van der Waals surface area contributed by atoms with Gasteiger partial charge >= 0.3 is 0 Å². The lowest BCUT2D eigenvalue weighted by Crippen LogP contribution is -2.33. The average Bonchev–Trinajstić information content (AvgIpc) is 3.07. The molecule has 26 heavy (non-hydrogen) atoms. The van der Waals surface area contributed by atoms with Gasteiger partial charge < -0.3 is 9.80 Å². The van der Waals surface area contributed by atoms with Crippen molar-refractivity contribution < 1.29 is 8.42 Å². The Balaban J connectivity index is 1.90. The van der Waals surface area contributed by atoms with Crippen LogP contribution in [0.2, 0.25) is 5.02 Å². The van der Waals surface area contributed by atoms with Crippen molar-refractivity contribution in [2.45, 2.75) is 24.0 Å². The highest BCUT2D eigenvalue weighted by Crippen LogP contribution is 2.38. The van der Waals surface area contributed by atoms with Crippen molar-refractivity contribution >= 4 is 49.3 Å². The number of piperidine rings is 1. The monoisotopic (exact) mass is 413 g/mol. The van der Waals surface area contributed by atoms with E-state index in [4.69, 9.17) is 11.6 Å². The minimum absolute atomic E-state index is 0.291. The zero-order valence-corrected chi connectivity index (χ0v) is 17.6. The Kier molecular flexibility index (Phi) is 5.69. The number of hydrogen-bond donors (Lipinski definition) is 1. The number of rotatable bonds is 5. The van der Waals surface area contributed by atoms with E-state index >= 15 is 0 Å². The maximum absolute atomic E-state index is 12.9. The Morgan fingerprint density at radius 3 is 2.50 bits per heavy atom. The third-order valence-corrected chi connectivity index (χ3v) is 8.02. The van der Waals surface area contributed by atoms with Crippen LogP contribution in [0.5, 0.6) is 0 Å². The maximum atomic E-state index is 12.9. The summed E-state index contributed by atoms with van der Waals surface area (Å²) in [5.74, 6) is 0.685.